The molecular weight excluding hydrogens is 226 g/mol. The first-order chi connectivity index (χ1) is 8.81. The molecule has 2 rings (SSSR count). The molecule has 3 nitrogen and oxygen atoms in total. The van der Waals surface area contributed by atoms with E-state index in [1.165, 1.54) is 24.8 Å². The van der Waals surface area contributed by atoms with Gasteiger partial charge in [-0.1, -0.05) is 11.6 Å². The van der Waals surface area contributed by atoms with Crippen LogP contribution < -0.4 is 0 Å². The van der Waals surface area contributed by atoms with Crippen molar-refractivity contribution in [3.8, 4) is 0 Å². The van der Waals surface area contributed by atoms with Crippen LogP contribution in [0.4, 0.5) is 0 Å². The van der Waals surface area contributed by atoms with Crippen molar-refractivity contribution in [1.82, 2.24) is 4.90 Å². The molecule has 0 spiro atoms. The van der Waals surface area contributed by atoms with Crippen molar-refractivity contribution in [1.29, 1.82) is 0 Å². The zero-order valence-electron chi connectivity index (χ0n) is 11.2. The molecule has 1 fully saturated rings. The van der Waals surface area contributed by atoms with Gasteiger partial charge in [0.2, 0.25) is 5.91 Å². The molecule has 1 saturated heterocycles. The smallest absolute Gasteiger partial charge is 0.226 e. The molecule has 0 saturated carbocycles. The van der Waals surface area contributed by atoms with Crippen LogP contribution in [0.25, 0.3) is 0 Å². The Morgan fingerprint density at radius 3 is 2.94 bits per heavy atom. The monoisotopic (exact) mass is 251 g/mol. The first kappa shape index (κ1) is 13.6. The van der Waals surface area contributed by atoms with E-state index in [1.54, 1.807) is 0 Å². The Morgan fingerprint density at radius 2 is 2.22 bits per heavy atom. The van der Waals surface area contributed by atoms with Gasteiger partial charge in [0.1, 0.15) is 0 Å². The highest BCUT2D eigenvalue weighted by atomic mass is 16.3. The number of hydrogen-bond acceptors (Lipinski definition) is 2. The second-order valence-electron chi connectivity index (χ2n) is 5.53. The maximum absolute atomic E-state index is 12.4. The summed E-state index contributed by atoms with van der Waals surface area (Å²) in [6, 6.07) is 0.278. The van der Waals surface area contributed by atoms with E-state index < -0.39 is 0 Å². The summed E-state index contributed by atoms with van der Waals surface area (Å²) in [4.78, 5) is 14.4. The van der Waals surface area contributed by atoms with Gasteiger partial charge in [-0.2, -0.15) is 0 Å². The Bertz CT molecular complexity index is 310. The molecule has 3 heteroatoms. The Balaban J connectivity index is 1.91. The number of allylic oxidation sites excluding steroid dienone is 1. The first-order valence-electron chi connectivity index (χ1n) is 7.39. The number of piperidine rings is 1. The first-order valence-corrected chi connectivity index (χ1v) is 7.39. The van der Waals surface area contributed by atoms with E-state index in [1.807, 2.05) is 4.90 Å². The quantitative estimate of drug-likeness (QED) is 0.780. The fourth-order valence-corrected chi connectivity index (χ4v) is 3.14. The number of rotatable bonds is 4. The Hall–Kier alpha value is -0.830. The summed E-state index contributed by atoms with van der Waals surface area (Å²) in [5.74, 6) is 0.279. The van der Waals surface area contributed by atoms with Gasteiger partial charge in [-0.3, -0.25) is 4.79 Å². The van der Waals surface area contributed by atoms with E-state index in [9.17, 15) is 4.79 Å². The van der Waals surface area contributed by atoms with Crippen LogP contribution in [0.5, 0.6) is 0 Å². The number of hydrogen-bond donors (Lipinski definition) is 1. The number of nitrogens with zero attached hydrogens (tertiary/aromatic N) is 1. The van der Waals surface area contributed by atoms with E-state index in [0.717, 1.165) is 38.6 Å². The summed E-state index contributed by atoms with van der Waals surface area (Å²) in [5.41, 5.74) is 1.33. The van der Waals surface area contributed by atoms with Crippen LogP contribution in [-0.4, -0.2) is 35.1 Å². The summed E-state index contributed by atoms with van der Waals surface area (Å²) in [7, 11) is 0. The van der Waals surface area contributed by atoms with Gasteiger partial charge in [0.25, 0.3) is 0 Å². The highest BCUT2D eigenvalue weighted by molar-refractivity contribution is 5.79. The molecule has 1 aliphatic carbocycles. The predicted octanol–water partition coefficient (Wildman–Crippen LogP) is 2.64. The van der Waals surface area contributed by atoms with Crippen LogP contribution in [0.15, 0.2) is 11.6 Å². The van der Waals surface area contributed by atoms with Crippen LogP contribution >= 0.6 is 0 Å². The van der Waals surface area contributed by atoms with Crippen LogP contribution in [-0.2, 0) is 4.79 Å². The molecule has 0 aromatic heterocycles. The van der Waals surface area contributed by atoms with Crippen molar-refractivity contribution in [3.05, 3.63) is 11.6 Å². The summed E-state index contributed by atoms with van der Waals surface area (Å²) in [6.45, 7) is 1.08. The normalized spacial score (nSPS) is 24.8. The molecule has 0 radical (unpaired) electrons. The Labute approximate surface area is 110 Å². The maximum atomic E-state index is 12.4. The van der Waals surface area contributed by atoms with Gasteiger partial charge in [0.05, 0.1) is 0 Å². The second-order valence-corrected chi connectivity index (χ2v) is 5.53. The van der Waals surface area contributed by atoms with Crippen molar-refractivity contribution < 1.29 is 9.90 Å². The summed E-state index contributed by atoms with van der Waals surface area (Å²) < 4.78 is 0. The minimum absolute atomic E-state index is 0.192. The SMILES string of the molecule is O=C(CC1=CCCCC1)N1CCCCC1CCO. The number of carbonyl (C=O) groups is 1. The van der Waals surface area contributed by atoms with Crippen molar-refractivity contribution in [2.45, 2.75) is 63.8 Å². The number of aliphatic hydroxyl groups excluding tert-OH is 1. The average molecular weight is 251 g/mol. The predicted molar refractivity (Wildman–Crippen MR) is 72.2 cm³/mol. The zero-order valence-corrected chi connectivity index (χ0v) is 11.2. The molecule has 1 amide bonds. The lowest BCUT2D eigenvalue weighted by Gasteiger charge is -2.36. The third-order valence-electron chi connectivity index (χ3n) is 4.17. The van der Waals surface area contributed by atoms with Crippen molar-refractivity contribution in [2.75, 3.05) is 13.2 Å². The third kappa shape index (κ3) is 3.58. The largest absolute Gasteiger partial charge is 0.396 e. The van der Waals surface area contributed by atoms with E-state index in [0.29, 0.717) is 6.42 Å². The molecular formula is C15H25NO2. The minimum Gasteiger partial charge on any atom is -0.396 e. The van der Waals surface area contributed by atoms with E-state index in [-0.39, 0.29) is 18.6 Å². The fourth-order valence-electron chi connectivity index (χ4n) is 3.14. The molecule has 1 unspecified atom stereocenters. The summed E-state index contributed by atoms with van der Waals surface area (Å²) >= 11 is 0. The van der Waals surface area contributed by atoms with Gasteiger partial charge in [-0.05, 0) is 51.4 Å². The molecule has 1 atom stereocenters. The Morgan fingerprint density at radius 1 is 1.33 bits per heavy atom. The minimum atomic E-state index is 0.192. The molecule has 0 aromatic rings. The summed E-state index contributed by atoms with van der Waals surface area (Å²) in [5, 5.41) is 9.09. The molecule has 0 bridgehead atoms. The number of amides is 1. The Kier molecular flexibility index (Phi) is 5.24. The molecule has 102 valence electrons. The fraction of sp³-hybridized carbons (Fsp3) is 0.800. The van der Waals surface area contributed by atoms with Gasteiger partial charge in [0, 0.05) is 25.6 Å². The lowest BCUT2D eigenvalue weighted by molar-refractivity contribution is -0.134. The van der Waals surface area contributed by atoms with E-state index in [4.69, 9.17) is 5.11 Å². The zero-order chi connectivity index (χ0) is 12.8. The number of aliphatic hydroxyl groups is 1. The topological polar surface area (TPSA) is 40.5 Å². The van der Waals surface area contributed by atoms with Crippen molar-refractivity contribution in [3.63, 3.8) is 0 Å². The molecule has 1 heterocycles. The van der Waals surface area contributed by atoms with Crippen LogP contribution in [0, 0.1) is 0 Å². The lowest BCUT2D eigenvalue weighted by atomic mass is 9.94. The van der Waals surface area contributed by atoms with E-state index >= 15 is 0 Å². The number of carbonyl (C=O) groups excluding carboxylic acids is 1. The molecule has 1 N–H and O–H groups in total. The van der Waals surface area contributed by atoms with Crippen LogP contribution in [0.2, 0.25) is 0 Å². The van der Waals surface area contributed by atoms with E-state index in [2.05, 4.69) is 6.08 Å². The van der Waals surface area contributed by atoms with Crippen molar-refractivity contribution in [2.24, 2.45) is 0 Å². The van der Waals surface area contributed by atoms with Crippen LogP contribution in [0.3, 0.4) is 0 Å². The molecule has 0 aromatic carbocycles. The molecule has 18 heavy (non-hydrogen) atoms. The van der Waals surface area contributed by atoms with Gasteiger partial charge in [-0.15, -0.1) is 0 Å². The van der Waals surface area contributed by atoms with Crippen LogP contribution in [0.1, 0.15) is 57.8 Å². The third-order valence-corrected chi connectivity index (χ3v) is 4.17. The number of likely N-dealkylation sites (tertiary alicyclic amines) is 1. The second kappa shape index (κ2) is 6.93. The van der Waals surface area contributed by atoms with Gasteiger partial charge in [0.15, 0.2) is 0 Å². The van der Waals surface area contributed by atoms with Gasteiger partial charge in [-0.25, -0.2) is 0 Å². The maximum Gasteiger partial charge on any atom is 0.226 e. The molecule has 1 aliphatic heterocycles. The van der Waals surface area contributed by atoms with Gasteiger partial charge < -0.3 is 10.0 Å². The van der Waals surface area contributed by atoms with Crippen molar-refractivity contribution >= 4 is 5.91 Å². The molecule has 2 aliphatic rings. The summed E-state index contributed by atoms with van der Waals surface area (Å²) in [6.07, 6.45) is 11.7. The standard InChI is InChI=1S/C15H25NO2/c17-11-9-14-8-4-5-10-16(14)15(18)12-13-6-2-1-3-7-13/h6,14,17H,1-5,7-12H2. The average Bonchev–Trinajstić information content (AvgIpc) is 2.41. The van der Waals surface area contributed by atoms with Gasteiger partial charge >= 0.3 is 0 Å². The highest BCUT2D eigenvalue weighted by Crippen LogP contribution is 2.24. The highest BCUT2D eigenvalue weighted by Gasteiger charge is 2.26. The lowest BCUT2D eigenvalue weighted by Crippen LogP contribution is -2.44.